The van der Waals surface area contributed by atoms with Crippen LogP contribution in [0.1, 0.15) is 16.7 Å². The number of hydrogen-bond donors (Lipinski definition) is 0. The zero-order chi connectivity index (χ0) is 14.9. The molecule has 0 spiro atoms. The average molecular weight is 298 g/mol. The van der Waals surface area contributed by atoms with Crippen LogP contribution in [0, 0.1) is 11.3 Å². The van der Waals surface area contributed by atoms with Gasteiger partial charge in [-0.25, -0.2) is 8.42 Å². The molecular formula is C16H14N2O2S. The van der Waals surface area contributed by atoms with Crippen LogP contribution in [-0.2, 0) is 22.2 Å². The largest absolute Gasteiger partial charge is 0.269 e. The van der Waals surface area contributed by atoms with Gasteiger partial charge in [0.2, 0.25) is 10.0 Å². The van der Waals surface area contributed by atoms with Gasteiger partial charge in [-0.2, -0.15) is 5.26 Å². The molecule has 1 heterocycles. The summed E-state index contributed by atoms with van der Waals surface area (Å²) in [6, 6.07) is 16.3. The molecule has 0 N–H and O–H groups in total. The highest BCUT2D eigenvalue weighted by molar-refractivity contribution is 7.92. The van der Waals surface area contributed by atoms with Gasteiger partial charge in [0.1, 0.15) is 0 Å². The lowest BCUT2D eigenvalue weighted by molar-refractivity contribution is 0.591. The van der Waals surface area contributed by atoms with Crippen LogP contribution in [0.2, 0.25) is 0 Å². The second-order valence-corrected chi connectivity index (χ2v) is 6.91. The van der Waals surface area contributed by atoms with Gasteiger partial charge in [0.05, 0.1) is 23.1 Å². The number of nitriles is 1. The van der Waals surface area contributed by atoms with Crippen LogP contribution >= 0.6 is 0 Å². The van der Waals surface area contributed by atoms with E-state index in [9.17, 15) is 8.42 Å². The van der Waals surface area contributed by atoms with E-state index in [2.05, 4.69) is 0 Å². The number of benzene rings is 2. The van der Waals surface area contributed by atoms with Crippen molar-refractivity contribution in [3.05, 3.63) is 65.2 Å². The van der Waals surface area contributed by atoms with Gasteiger partial charge in [-0.3, -0.25) is 4.31 Å². The molecule has 0 radical (unpaired) electrons. The third-order valence-corrected chi connectivity index (χ3v) is 5.36. The van der Waals surface area contributed by atoms with Crippen LogP contribution in [0.5, 0.6) is 0 Å². The fourth-order valence-electron chi connectivity index (χ4n) is 2.56. The molecule has 0 amide bonds. The van der Waals surface area contributed by atoms with Gasteiger partial charge in [0.15, 0.2) is 0 Å². The van der Waals surface area contributed by atoms with Crippen LogP contribution in [0.3, 0.4) is 0 Å². The summed E-state index contributed by atoms with van der Waals surface area (Å²) in [5.74, 6) is -0.0486. The standard InChI is InChI=1S/C16H14N2O2S/c17-11-13-5-7-14(8-6-13)12-21(19,20)18-10-9-15-3-1-2-4-16(15)18/h1-8H,9-10,12H2. The quantitative estimate of drug-likeness (QED) is 0.874. The highest BCUT2D eigenvalue weighted by Crippen LogP contribution is 2.31. The van der Waals surface area contributed by atoms with Crippen molar-refractivity contribution in [2.24, 2.45) is 0 Å². The summed E-state index contributed by atoms with van der Waals surface area (Å²) >= 11 is 0. The van der Waals surface area contributed by atoms with E-state index in [0.29, 0.717) is 17.7 Å². The number of para-hydroxylation sites is 1. The number of nitrogens with zero attached hydrogens (tertiary/aromatic N) is 2. The Bertz CT molecular complexity index is 805. The van der Waals surface area contributed by atoms with E-state index in [4.69, 9.17) is 5.26 Å². The molecule has 2 aromatic rings. The second kappa shape index (κ2) is 5.23. The Hall–Kier alpha value is -2.32. The minimum absolute atomic E-state index is 0.0486. The Labute approximate surface area is 124 Å². The van der Waals surface area contributed by atoms with Crippen molar-refractivity contribution in [1.29, 1.82) is 5.26 Å². The zero-order valence-corrected chi connectivity index (χ0v) is 12.2. The minimum Gasteiger partial charge on any atom is -0.269 e. The van der Waals surface area contributed by atoms with Gasteiger partial charge in [-0.1, -0.05) is 30.3 Å². The van der Waals surface area contributed by atoms with E-state index < -0.39 is 10.0 Å². The lowest BCUT2D eigenvalue weighted by Crippen LogP contribution is -2.30. The molecule has 3 rings (SSSR count). The monoisotopic (exact) mass is 298 g/mol. The molecule has 21 heavy (non-hydrogen) atoms. The number of sulfonamides is 1. The van der Waals surface area contributed by atoms with Crippen molar-refractivity contribution in [2.75, 3.05) is 10.8 Å². The maximum absolute atomic E-state index is 12.6. The molecule has 1 aliphatic rings. The molecule has 0 aromatic heterocycles. The lowest BCUT2D eigenvalue weighted by Gasteiger charge is -2.19. The summed E-state index contributed by atoms with van der Waals surface area (Å²) in [5.41, 5.74) is 3.08. The fraction of sp³-hybridized carbons (Fsp3) is 0.188. The van der Waals surface area contributed by atoms with Crippen LogP contribution < -0.4 is 4.31 Å². The maximum atomic E-state index is 12.6. The summed E-state index contributed by atoms with van der Waals surface area (Å²) < 4.78 is 26.6. The second-order valence-electron chi connectivity index (χ2n) is 5.02. The zero-order valence-electron chi connectivity index (χ0n) is 11.4. The molecule has 0 saturated heterocycles. The predicted octanol–water partition coefficient (Wildman–Crippen LogP) is 2.45. The summed E-state index contributed by atoms with van der Waals surface area (Å²) in [6.45, 7) is 0.498. The smallest absolute Gasteiger partial charge is 0.239 e. The highest BCUT2D eigenvalue weighted by Gasteiger charge is 2.28. The number of rotatable bonds is 3. The van der Waals surface area contributed by atoms with Crippen LogP contribution in [0.4, 0.5) is 5.69 Å². The van der Waals surface area contributed by atoms with Crippen molar-refractivity contribution in [3.8, 4) is 6.07 Å². The van der Waals surface area contributed by atoms with Crippen molar-refractivity contribution in [1.82, 2.24) is 0 Å². The highest BCUT2D eigenvalue weighted by atomic mass is 32.2. The Morgan fingerprint density at radius 3 is 2.52 bits per heavy atom. The lowest BCUT2D eigenvalue weighted by atomic mass is 10.2. The Kier molecular flexibility index (Phi) is 3.40. The molecule has 0 saturated carbocycles. The van der Waals surface area contributed by atoms with Gasteiger partial charge in [-0.05, 0) is 35.7 Å². The van der Waals surface area contributed by atoms with E-state index in [-0.39, 0.29) is 5.75 Å². The van der Waals surface area contributed by atoms with Crippen molar-refractivity contribution in [2.45, 2.75) is 12.2 Å². The molecule has 5 heteroatoms. The third kappa shape index (κ3) is 2.63. The molecule has 0 fully saturated rings. The minimum atomic E-state index is -3.40. The van der Waals surface area contributed by atoms with E-state index in [1.165, 1.54) is 4.31 Å². The summed E-state index contributed by atoms with van der Waals surface area (Å²) in [5, 5.41) is 8.77. The van der Waals surface area contributed by atoms with Crippen LogP contribution in [0.25, 0.3) is 0 Å². The Balaban J connectivity index is 1.86. The summed E-state index contributed by atoms with van der Waals surface area (Å²) in [7, 11) is -3.40. The molecule has 0 atom stereocenters. The van der Waals surface area contributed by atoms with Crippen LogP contribution in [0.15, 0.2) is 48.5 Å². The first-order chi connectivity index (χ1) is 10.1. The molecular weight excluding hydrogens is 284 g/mol. The van der Waals surface area contributed by atoms with Gasteiger partial charge in [0.25, 0.3) is 0 Å². The van der Waals surface area contributed by atoms with E-state index in [0.717, 1.165) is 17.7 Å². The van der Waals surface area contributed by atoms with Crippen molar-refractivity contribution < 1.29 is 8.42 Å². The predicted molar refractivity (Wildman–Crippen MR) is 81.3 cm³/mol. The molecule has 4 nitrogen and oxygen atoms in total. The van der Waals surface area contributed by atoms with Crippen molar-refractivity contribution >= 4 is 15.7 Å². The van der Waals surface area contributed by atoms with E-state index in [1.807, 2.05) is 30.3 Å². The van der Waals surface area contributed by atoms with E-state index in [1.54, 1.807) is 24.3 Å². The number of anilines is 1. The third-order valence-electron chi connectivity index (χ3n) is 3.61. The van der Waals surface area contributed by atoms with E-state index >= 15 is 0 Å². The van der Waals surface area contributed by atoms with Crippen LogP contribution in [-0.4, -0.2) is 15.0 Å². The number of hydrogen-bond acceptors (Lipinski definition) is 3. The van der Waals surface area contributed by atoms with Gasteiger partial charge < -0.3 is 0 Å². The molecule has 0 bridgehead atoms. The Morgan fingerprint density at radius 2 is 1.81 bits per heavy atom. The molecule has 2 aromatic carbocycles. The normalized spacial score (nSPS) is 13.8. The maximum Gasteiger partial charge on any atom is 0.239 e. The molecule has 106 valence electrons. The summed E-state index contributed by atoms with van der Waals surface area (Å²) in [4.78, 5) is 0. The van der Waals surface area contributed by atoms with Gasteiger partial charge >= 0.3 is 0 Å². The summed E-state index contributed by atoms with van der Waals surface area (Å²) in [6.07, 6.45) is 0.753. The number of fused-ring (bicyclic) bond motifs is 1. The first kappa shape index (κ1) is 13.7. The SMILES string of the molecule is N#Cc1ccc(CS(=O)(=O)N2CCc3ccccc32)cc1. The van der Waals surface area contributed by atoms with Crippen molar-refractivity contribution in [3.63, 3.8) is 0 Å². The average Bonchev–Trinajstić information content (AvgIpc) is 2.92. The van der Waals surface area contributed by atoms with Gasteiger partial charge in [-0.15, -0.1) is 0 Å². The fourth-order valence-corrected chi connectivity index (χ4v) is 4.18. The molecule has 1 aliphatic heterocycles. The molecule has 0 unspecified atom stereocenters. The molecule has 0 aliphatic carbocycles. The first-order valence-electron chi connectivity index (χ1n) is 6.67. The van der Waals surface area contributed by atoms with Gasteiger partial charge in [0, 0.05) is 6.54 Å². The Morgan fingerprint density at radius 1 is 1.10 bits per heavy atom. The topological polar surface area (TPSA) is 61.2 Å². The first-order valence-corrected chi connectivity index (χ1v) is 8.28.